The fraction of sp³-hybridized carbons (Fsp3) is 0.133. The molecule has 0 aliphatic heterocycles. The van der Waals surface area contributed by atoms with E-state index in [9.17, 15) is 4.79 Å². The van der Waals surface area contributed by atoms with Gasteiger partial charge in [-0.3, -0.25) is 4.79 Å². The second kappa shape index (κ2) is 6.63. The van der Waals surface area contributed by atoms with Crippen molar-refractivity contribution in [3.05, 3.63) is 58.3 Å². The minimum absolute atomic E-state index is 0.223. The summed E-state index contributed by atoms with van der Waals surface area (Å²) in [7, 11) is 0. The van der Waals surface area contributed by atoms with Crippen molar-refractivity contribution in [1.29, 1.82) is 0 Å². The van der Waals surface area contributed by atoms with Crippen LogP contribution in [0.5, 0.6) is 0 Å². The minimum Gasteiger partial charge on any atom is -0.345 e. The molecule has 2 rings (SSSR count). The number of benzene rings is 1. The fourth-order valence-electron chi connectivity index (χ4n) is 1.48. The Hall–Kier alpha value is -2.05. The van der Waals surface area contributed by atoms with Gasteiger partial charge in [-0.2, -0.15) is 0 Å². The number of carbonyl (C=O) groups is 1. The van der Waals surface area contributed by atoms with Crippen LogP contribution >= 0.6 is 11.3 Å². The molecule has 0 aliphatic rings. The molecule has 0 unspecified atom stereocenters. The lowest BCUT2D eigenvalue weighted by atomic mass is 10.1. The highest BCUT2D eigenvalue weighted by Gasteiger charge is 1.96. The first kappa shape index (κ1) is 12.4. The van der Waals surface area contributed by atoms with Crippen molar-refractivity contribution in [2.75, 3.05) is 6.54 Å². The first-order valence-corrected chi connectivity index (χ1v) is 6.60. The van der Waals surface area contributed by atoms with E-state index < -0.39 is 0 Å². The molecule has 0 saturated heterocycles. The van der Waals surface area contributed by atoms with E-state index in [2.05, 4.69) is 17.2 Å². The molecule has 2 aromatic rings. The lowest BCUT2D eigenvalue weighted by Gasteiger charge is -2.00. The van der Waals surface area contributed by atoms with Gasteiger partial charge in [-0.05, 0) is 29.4 Å². The second-order valence-corrected chi connectivity index (χ2v) is 4.67. The smallest absolute Gasteiger partial charge is 0.296 e. The fourth-order valence-corrected chi connectivity index (χ4v) is 2.05. The molecular weight excluding hydrogens is 242 g/mol. The highest BCUT2D eigenvalue weighted by molar-refractivity contribution is 7.10. The van der Waals surface area contributed by atoms with Crippen LogP contribution in [0, 0.1) is 11.8 Å². The summed E-state index contributed by atoms with van der Waals surface area (Å²) in [6.07, 6.45) is 0.827. The van der Waals surface area contributed by atoms with E-state index in [0.717, 1.165) is 11.3 Å². The van der Waals surface area contributed by atoms with E-state index in [1.807, 2.05) is 47.8 Å². The quantitative estimate of drug-likeness (QED) is 0.839. The average Bonchev–Trinajstić information content (AvgIpc) is 2.91. The van der Waals surface area contributed by atoms with E-state index in [1.165, 1.54) is 16.9 Å². The number of hydrogen-bond acceptors (Lipinski definition) is 2. The zero-order chi connectivity index (χ0) is 12.6. The molecule has 1 aromatic heterocycles. The molecule has 0 saturated carbocycles. The van der Waals surface area contributed by atoms with Crippen molar-refractivity contribution >= 4 is 17.2 Å². The Bertz CT molecular complexity index is 549. The Morgan fingerprint density at radius 2 is 2.00 bits per heavy atom. The third-order valence-corrected chi connectivity index (χ3v) is 3.15. The first-order valence-electron chi connectivity index (χ1n) is 5.72. The molecule has 0 bridgehead atoms. The topological polar surface area (TPSA) is 29.1 Å². The van der Waals surface area contributed by atoms with E-state index in [-0.39, 0.29) is 5.91 Å². The zero-order valence-electron chi connectivity index (χ0n) is 9.85. The van der Waals surface area contributed by atoms with Crippen molar-refractivity contribution in [2.45, 2.75) is 6.42 Å². The second-order valence-electron chi connectivity index (χ2n) is 3.72. The third kappa shape index (κ3) is 4.08. The molecule has 1 aromatic carbocycles. The Morgan fingerprint density at radius 3 is 2.72 bits per heavy atom. The molecule has 1 heterocycles. The number of carbonyl (C=O) groups excluding carboxylic acids is 1. The number of amides is 1. The van der Waals surface area contributed by atoms with Gasteiger partial charge in [-0.25, -0.2) is 0 Å². The van der Waals surface area contributed by atoms with Gasteiger partial charge in [0.2, 0.25) is 0 Å². The molecule has 0 fully saturated rings. The van der Waals surface area contributed by atoms with Gasteiger partial charge in [0.05, 0.1) is 4.88 Å². The maximum absolute atomic E-state index is 11.4. The molecule has 1 N–H and O–H groups in total. The number of thiophene rings is 1. The predicted molar refractivity (Wildman–Crippen MR) is 74.4 cm³/mol. The van der Waals surface area contributed by atoms with Crippen molar-refractivity contribution in [3.63, 3.8) is 0 Å². The van der Waals surface area contributed by atoms with Gasteiger partial charge < -0.3 is 5.32 Å². The van der Waals surface area contributed by atoms with Crippen molar-refractivity contribution in [2.24, 2.45) is 0 Å². The maximum Gasteiger partial charge on any atom is 0.296 e. The average molecular weight is 255 g/mol. The third-order valence-electron chi connectivity index (χ3n) is 2.36. The van der Waals surface area contributed by atoms with Crippen LogP contribution in [-0.4, -0.2) is 12.5 Å². The first-order chi connectivity index (χ1) is 8.84. The highest BCUT2D eigenvalue weighted by atomic mass is 32.1. The Labute approximate surface area is 111 Å². The normalized spacial score (nSPS) is 9.33. The number of rotatable bonds is 3. The Morgan fingerprint density at radius 1 is 1.17 bits per heavy atom. The van der Waals surface area contributed by atoms with Crippen LogP contribution in [0.15, 0.2) is 47.8 Å². The summed E-state index contributed by atoms with van der Waals surface area (Å²) < 4.78 is 0. The minimum atomic E-state index is -0.223. The zero-order valence-corrected chi connectivity index (χ0v) is 10.7. The summed E-state index contributed by atoms with van der Waals surface area (Å²) in [4.78, 5) is 12.4. The SMILES string of the molecule is O=C(C#Cc1cccs1)NCCc1ccccc1. The van der Waals surface area contributed by atoms with E-state index in [4.69, 9.17) is 0 Å². The molecule has 0 spiro atoms. The van der Waals surface area contributed by atoms with Gasteiger partial charge in [-0.1, -0.05) is 36.4 Å². The van der Waals surface area contributed by atoms with Gasteiger partial charge in [0.15, 0.2) is 0 Å². The maximum atomic E-state index is 11.4. The summed E-state index contributed by atoms with van der Waals surface area (Å²) in [6.45, 7) is 0.613. The number of nitrogens with one attached hydrogen (secondary N) is 1. The summed E-state index contributed by atoms with van der Waals surface area (Å²) >= 11 is 1.53. The molecule has 0 aliphatic carbocycles. The largest absolute Gasteiger partial charge is 0.345 e. The monoisotopic (exact) mass is 255 g/mol. The molecule has 90 valence electrons. The van der Waals surface area contributed by atoms with Crippen LogP contribution in [0.25, 0.3) is 0 Å². The van der Waals surface area contributed by atoms with E-state index in [1.54, 1.807) is 0 Å². The Kier molecular flexibility index (Phi) is 4.57. The van der Waals surface area contributed by atoms with Crippen LogP contribution in [0.3, 0.4) is 0 Å². The van der Waals surface area contributed by atoms with Gasteiger partial charge in [0, 0.05) is 12.5 Å². The van der Waals surface area contributed by atoms with Crippen LogP contribution in [0.4, 0.5) is 0 Å². The summed E-state index contributed by atoms with van der Waals surface area (Å²) in [5.74, 6) is 5.19. The molecular formula is C15H13NOS. The van der Waals surface area contributed by atoms with E-state index >= 15 is 0 Å². The molecule has 2 nitrogen and oxygen atoms in total. The standard InChI is InChI=1S/C15H13NOS/c17-15(9-8-14-7-4-12-18-14)16-11-10-13-5-2-1-3-6-13/h1-7,12H,10-11H2,(H,16,17). The van der Waals surface area contributed by atoms with Crippen LogP contribution in [-0.2, 0) is 11.2 Å². The van der Waals surface area contributed by atoms with Crippen molar-refractivity contribution < 1.29 is 4.79 Å². The summed E-state index contributed by atoms with van der Waals surface area (Å²) in [6, 6.07) is 13.9. The lowest BCUT2D eigenvalue weighted by Crippen LogP contribution is -2.23. The highest BCUT2D eigenvalue weighted by Crippen LogP contribution is 2.05. The van der Waals surface area contributed by atoms with Crippen LogP contribution < -0.4 is 5.32 Å². The number of hydrogen-bond donors (Lipinski definition) is 1. The lowest BCUT2D eigenvalue weighted by molar-refractivity contribution is -0.115. The van der Waals surface area contributed by atoms with Gasteiger partial charge in [-0.15, -0.1) is 11.3 Å². The molecule has 18 heavy (non-hydrogen) atoms. The van der Waals surface area contributed by atoms with Crippen molar-refractivity contribution in [1.82, 2.24) is 5.32 Å². The molecule has 1 amide bonds. The molecule has 3 heteroatoms. The van der Waals surface area contributed by atoms with Crippen LogP contribution in [0.2, 0.25) is 0 Å². The molecule has 0 atom stereocenters. The van der Waals surface area contributed by atoms with Crippen LogP contribution in [0.1, 0.15) is 10.4 Å². The van der Waals surface area contributed by atoms with Gasteiger partial charge >= 0.3 is 0 Å². The van der Waals surface area contributed by atoms with Gasteiger partial charge in [0.1, 0.15) is 0 Å². The predicted octanol–water partition coefficient (Wildman–Crippen LogP) is 2.46. The Balaban J connectivity index is 1.76. The van der Waals surface area contributed by atoms with Gasteiger partial charge in [0.25, 0.3) is 5.91 Å². The van der Waals surface area contributed by atoms with Crippen molar-refractivity contribution in [3.8, 4) is 11.8 Å². The summed E-state index contributed by atoms with van der Waals surface area (Å²) in [5.41, 5.74) is 1.21. The molecule has 0 radical (unpaired) electrons. The summed E-state index contributed by atoms with van der Waals surface area (Å²) in [5, 5.41) is 4.73. The van der Waals surface area contributed by atoms with E-state index in [0.29, 0.717) is 6.54 Å².